The standard InChI is InChI=1S/C23H27F3N4O2/c1-16-11-17(2)13-18(12-16)27-22(31)30-14-20(15-30)29-9-7-28(8-10-29)19-3-5-21(6-4-19)32-23(24,25)26/h3-6,11-13,20H,7-10,14-15H2,1-2H3,(H,27,31). The van der Waals surface area contributed by atoms with Crippen LogP contribution in [0.2, 0.25) is 0 Å². The smallest absolute Gasteiger partial charge is 0.406 e. The number of aryl methyl sites for hydroxylation is 2. The van der Waals surface area contributed by atoms with E-state index in [1.54, 1.807) is 12.1 Å². The first-order chi connectivity index (χ1) is 15.2. The summed E-state index contributed by atoms with van der Waals surface area (Å²) in [5.74, 6) is -0.214. The number of rotatable bonds is 4. The molecule has 0 aromatic heterocycles. The molecule has 2 aromatic carbocycles. The number of hydrogen-bond donors (Lipinski definition) is 1. The van der Waals surface area contributed by atoms with Crippen LogP contribution in [0.3, 0.4) is 0 Å². The summed E-state index contributed by atoms with van der Waals surface area (Å²) < 4.78 is 40.8. The summed E-state index contributed by atoms with van der Waals surface area (Å²) in [5, 5.41) is 2.98. The third-order valence-corrected chi connectivity index (χ3v) is 5.89. The van der Waals surface area contributed by atoms with Crippen LogP contribution in [-0.2, 0) is 0 Å². The van der Waals surface area contributed by atoms with Crippen molar-refractivity contribution < 1.29 is 22.7 Å². The topological polar surface area (TPSA) is 48.1 Å². The number of carbonyl (C=O) groups excluding carboxylic acids is 1. The zero-order valence-electron chi connectivity index (χ0n) is 18.2. The minimum absolute atomic E-state index is 0.0777. The van der Waals surface area contributed by atoms with Crippen LogP contribution in [0.15, 0.2) is 42.5 Å². The molecule has 2 saturated heterocycles. The van der Waals surface area contributed by atoms with Crippen LogP contribution in [0.1, 0.15) is 11.1 Å². The van der Waals surface area contributed by atoms with Crippen LogP contribution >= 0.6 is 0 Å². The molecule has 0 spiro atoms. The average molecular weight is 448 g/mol. The molecule has 172 valence electrons. The number of alkyl halides is 3. The molecule has 9 heteroatoms. The zero-order chi connectivity index (χ0) is 22.9. The molecule has 1 N–H and O–H groups in total. The van der Waals surface area contributed by atoms with Crippen LogP contribution in [0.25, 0.3) is 0 Å². The Morgan fingerprint density at radius 1 is 0.969 bits per heavy atom. The molecule has 0 atom stereocenters. The van der Waals surface area contributed by atoms with Crippen molar-refractivity contribution in [3.05, 3.63) is 53.6 Å². The highest BCUT2D eigenvalue weighted by Crippen LogP contribution is 2.27. The quantitative estimate of drug-likeness (QED) is 0.760. The van der Waals surface area contributed by atoms with E-state index in [1.807, 2.05) is 30.9 Å². The Bertz CT molecular complexity index is 930. The van der Waals surface area contributed by atoms with Crippen LogP contribution in [0.5, 0.6) is 5.75 Å². The van der Waals surface area contributed by atoms with Crippen molar-refractivity contribution in [2.75, 3.05) is 49.5 Å². The number of nitrogens with one attached hydrogen (secondary N) is 1. The van der Waals surface area contributed by atoms with Gasteiger partial charge in [0, 0.05) is 56.7 Å². The summed E-state index contributed by atoms with van der Waals surface area (Å²) in [7, 11) is 0. The molecule has 2 fully saturated rings. The molecule has 4 rings (SSSR count). The SMILES string of the molecule is Cc1cc(C)cc(NC(=O)N2CC(N3CCN(c4ccc(OC(F)(F)F)cc4)CC3)C2)c1. The highest BCUT2D eigenvalue weighted by Gasteiger charge is 2.36. The largest absolute Gasteiger partial charge is 0.573 e. The minimum Gasteiger partial charge on any atom is -0.406 e. The van der Waals surface area contributed by atoms with Gasteiger partial charge in [0.15, 0.2) is 0 Å². The fourth-order valence-electron chi connectivity index (χ4n) is 4.31. The summed E-state index contributed by atoms with van der Waals surface area (Å²) in [6, 6.07) is 12.2. The normalized spacial score (nSPS) is 17.8. The highest BCUT2D eigenvalue weighted by molar-refractivity contribution is 5.90. The van der Waals surface area contributed by atoms with E-state index in [0.717, 1.165) is 48.7 Å². The lowest BCUT2D eigenvalue weighted by atomic mass is 10.1. The molecular formula is C23H27F3N4O2. The van der Waals surface area contributed by atoms with E-state index in [-0.39, 0.29) is 11.8 Å². The van der Waals surface area contributed by atoms with E-state index >= 15 is 0 Å². The molecule has 2 aromatic rings. The van der Waals surface area contributed by atoms with Crippen molar-refractivity contribution >= 4 is 17.4 Å². The van der Waals surface area contributed by atoms with E-state index in [9.17, 15) is 18.0 Å². The van der Waals surface area contributed by atoms with Crippen LogP contribution in [-0.4, -0.2) is 67.5 Å². The maximum Gasteiger partial charge on any atom is 0.573 e. The minimum atomic E-state index is -4.68. The number of anilines is 2. The van der Waals surface area contributed by atoms with Gasteiger partial charge in [-0.2, -0.15) is 0 Å². The van der Waals surface area contributed by atoms with E-state index in [4.69, 9.17) is 0 Å². The number of nitrogens with zero attached hydrogens (tertiary/aromatic N) is 3. The van der Waals surface area contributed by atoms with E-state index in [2.05, 4.69) is 25.9 Å². The van der Waals surface area contributed by atoms with Gasteiger partial charge in [0.05, 0.1) is 0 Å². The first-order valence-corrected chi connectivity index (χ1v) is 10.7. The van der Waals surface area contributed by atoms with E-state index in [0.29, 0.717) is 19.1 Å². The number of ether oxygens (including phenoxy) is 1. The lowest BCUT2D eigenvalue weighted by molar-refractivity contribution is -0.274. The predicted octanol–water partition coefficient (Wildman–Crippen LogP) is 4.24. The molecule has 32 heavy (non-hydrogen) atoms. The Morgan fingerprint density at radius 2 is 1.56 bits per heavy atom. The summed E-state index contributed by atoms with van der Waals surface area (Å²) in [6.07, 6.45) is -4.68. The maximum absolute atomic E-state index is 12.5. The molecule has 2 aliphatic rings. The molecule has 2 amide bonds. The second kappa shape index (κ2) is 8.90. The van der Waals surface area contributed by atoms with Gasteiger partial charge in [0.1, 0.15) is 5.75 Å². The van der Waals surface area contributed by atoms with Gasteiger partial charge in [0.2, 0.25) is 0 Å². The zero-order valence-corrected chi connectivity index (χ0v) is 18.2. The second-order valence-corrected chi connectivity index (χ2v) is 8.43. The number of carbonyl (C=O) groups is 1. The van der Waals surface area contributed by atoms with Gasteiger partial charge >= 0.3 is 12.4 Å². The van der Waals surface area contributed by atoms with E-state index in [1.165, 1.54) is 12.1 Å². The molecule has 0 bridgehead atoms. The van der Waals surface area contributed by atoms with Gasteiger partial charge in [-0.3, -0.25) is 4.90 Å². The van der Waals surface area contributed by atoms with Crippen molar-refractivity contribution in [1.82, 2.24) is 9.80 Å². The molecule has 0 aliphatic carbocycles. The van der Waals surface area contributed by atoms with Crippen LogP contribution in [0.4, 0.5) is 29.3 Å². The van der Waals surface area contributed by atoms with Gasteiger partial charge in [-0.1, -0.05) is 6.07 Å². The van der Waals surface area contributed by atoms with Gasteiger partial charge < -0.3 is 19.9 Å². The number of urea groups is 1. The van der Waals surface area contributed by atoms with Crippen LogP contribution < -0.4 is 15.0 Å². The van der Waals surface area contributed by atoms with Crippen molar-refractivity contribution in [3.8, 4) is 5.75 Å². The lowest BCUT2D eigenvalue weighted by Crippen LogP contribution is -2.64. The Balaban J connectivity index is 1.22. The molecule has 0 saturated carbocycles. The summed E-state index contributed by atoms with van der Waals surface area (Å²) in [6.45, 7) is 8.66. The summed E-state index contributed by atoms with van der Waals surface area (Å²) in [4.78, 5) is 18.8. The number of halogens is 3. The summed E-state index contributed by atoms with van der Waals surface area (Å²) >= 11 is 0. The van der Waals surface area contributed by atoms with E-state index < -0.39 is 6.36 Å². The summed E-state index contributed by atoms with van der Waals surface area (Å²) in [5.41, 5.74) is 3.92. The highest BCUT2D eigenvalue weighted by atomic mass is 19.4. The fraction of sp³-hybridized carbons (Fsp3) is 0.435. The molecule has 6 nitrogen and oxygen atoms in total. The molecule has 0 unspecified atom stereocenters. The number of likely N-dealkylation sites (tertiary alicyclic amines) is 1. The molecule has 2 aliphatic heterocycles. The average Bonchev–Trinajstić information content (AvgIpc) is 2.66. The third-order valence-electron chi connectivity index (χ3n) is 5.89. The Hall–Kier alpha value is -2.94. The fourth-order valence-corrected chi connectivity index (χ4v) is 4.31. The van der Waals surface area contributed by atoms with Crippen molar-refractivity contribution in [2.45, 2.75) is 26.3 Å². The van der Waals surface area contributed by atoms with Crippen molar-refractivity contribution in [3.63, 3.8) is 0 Å². The lowest BCUT2D eigenvalue weighted by Gasteiger charge is -2.48. The van der Waals surface area contributed by atoms with Crippen molar-refractivity contribution in [2.24, 2.45) is 0 Å². The number of hydrogen-bond acceptors (Lipinski definition) is 4. The number of benzene rings is 2. The number of piperazine rings is 1. The maximum atomic E-state index is 12.5. The van der Waals surface area contributed by atoms with Gasteiger partial charge in [-0.05, 0) is 61.4 Å². The molecule has 2 heterocycles. The van der Waals surface area contributed by atoms with Gasteiger partial charge in [0.25, 0.3) is 0 Å². The predicted molar refractivity (Wildman–Crippen MR) is 117 cm³/mol. The van der Waals surface area contributed by atoms with Crippen molar-refractivity contribution in [1.29, 1.82) is 0 Å². The first-order valence-electron chi connectivity index (χ1n) is 10.7. The third kappa shape index (κ3) is 5.45. The Labute approximate surface area is 185 Å². The molecular weight excluding hydrogens is 421 g/mol. The Morgan fingerprint density at radius 3 is 2.12 bits per heavy atom. The van der Waals surface area contributed by atoms with Gasteiger partial charge in [-0.25, -0.2) is 4.79 Å². The molecule has 0 radical (unpaired) electrons. The van der Waals surface area contributed by atoms with Crippen LogP contribution in [0, 0.1) is 13.8 Å². The monoisotopic (exact) mass is 448 g/mol. The van der Waals surface area contributed by atoms with Gasteiger partial charge in [-0.15, -0.1) is 13.2 Å². The first kappa shape index (κ1) is 22.3. The Kier molecular flexibility index (Phi) is 6.19. The number of amides is 2. The second-order valence-electron chi connectivity index (χ2n) is 8.43.